The molecule has 3 aromatic rings. The van der Waals surface area contributed by atoms with E-state index in [-0.39, 0.29) is 5.56 Å². The fourth-order valence-corrected chi connectivity index (χ4v) is 4.12. The molecule has 154 valence electrons. The number of aryl methyl sites for hydroxylation is 1. The monoisotopic (exact) mass is 402 g/mol. The molecule has 7 nitrogen and oxygen atoms in total. The number of aromatic nitrogens is 5. The van der Waals surface area contributed by atoms with Crippen molar-refractivity contribution in [1.29, 1.82) is 0 Å². The van der Waals surface area contributed by atoms with Crippen LogP contribution in [0, 0.1) is 12.8 Å². The van der Waals surface area contributed by atoms with E-state index in [9.17, 15) is 4.79 Å². The van der Waals surface area contributed by atoms with Crippen LogP contribution in [-0.4, -0.2) is 37.6 Å². The van der Waals surface area contributed by atoms with Crippen molar-refractivity contribution >= 4 is 5.82 Å². The number of nitrogens with zero attached hydrogens (tertiary/aromatic N) is 6. The standard InChI is InChI=1S/C23H26N6O/c1-16-11-21(27-23(26-16)18-4-5-18)28-9-6-17(7-10-28)14-29-15-25-20(12-22(29)30)19-3-2-8-24-13-19/h2-3,8,11-13,15,17-18H,4-7,9-10,14H2,1H3. The Balaban J connectivity index is 1.23. The van der Waals surface area contributed by atoms with Gasteiger partial charge in [0.25, 0.3) is 5.56 Å². The molecule has 0 bridgehead atoms. The van der Waals surface area contributed by atoms with Crippen LogP contribution in [0.15, 0.2) is 47.8 Å². The van der Waals surface area contributed by atoms with Gasteiger partial charge >= 0.3 is 0 Å². The Kier molecular flexibility index (Phi) is 5.02. The van der Waals surface area contributed by atoms with Crippen molar-refractivity contribution in [3.05, 3.63) is 64.9 Å². The molecular formula is C23H26N6O. The molecular weight excluding hydrogens is 376 g/mol. The Morgan fingerprint density at radius 3 is 2.63 bits per heavy atom. The van der Waals surface area contributed by atoms with Crippen LogP contribution in [0.2, 0.25) is 0 Å². The molecule has 0 aromatic carbocycles. The highest BCUT2D eigenvalue weighted by Gasteiger charge is 2.28. The fourth-order valence-electron chi connectivity index (χ4n) is 4.12. The third-order valence-corrected chi connectivity index (χ3v) is 6.03. The summed E-state index contributed by atoms with van der Waals surface area (Å²) in [5.41, 5.74) is 2.58. The van der Waals surface area contributed by atoms with E-state index in [1.165, 1.54) is 12.8 Å². The number of pyridine rings is 1. The van der Waals surface area contributed by atoms with Crippen molar-refractivity contribution < 1.29 is 0 Å². The molecule has 7 heteroatoms. The zero-order chi connectivity index (χ0) is 20.5. The first kappa shape index (κ1) is 18.9. The zero-order valence-corrected chi connectivity index (χ0v) is 17.2. The number of rotatable bonds is 5. The molecule has 1 aliphatic heterocycles. The number of anilines is 1. The Labute approximate surface area is 175 Å². The zero-order valence-electron chi connectivity index (χ0n) is 17.2. The molecule has 0 spiro atoms. The number of hydrogen-bond acceptors (Lipinski definition) is 6. The van der Waals surface area contributed by atoms with Gasteiger partial charge in [0.15, 0.2) is 0 Å². The largest absolute Gasteiger partial charge is 0.356 e. The summed E-state index contributed by atoms with van der Waals surface area (Å²) in [7, 11) is 0. The van der Waals surface area contributed by atoms with Gasteiger partial charge in [-0.2, -0.15) is 0 Å². The summed E-state index contributed by atoms with van der Waals surface area (Å²) in [6, 6.07) is 7.47. The topological polar surface area (TPSA) is 76.8 Å². The maximum absolute atomic E-state index is 12.6. The molecule has 0 atom stereocenters. The lowest BCUT2D eigenvalue weighted by atomic mass is 9.96. The SMILES string of the molecule is Cc1cc(N2CCC(Cn3cnc(-c4cccnc4)cc3=O)CC2)nc(C2CC2)n1. The maximum Gasteiger partial charge on any atom is 0.253 e. The summed E-state index contributed by atoms with van der Waals surface area (Å²) < 4.78 is 1.74. The van der Waals surface area contributed by atoms with Gasteiger partial charge in [-0.3, -0.25) is 14.3 Å². The molecule has 1 aliphatic carbocycles. The first-order valence-electron chi connectivity index (χ1n) is 10.7. The lowest BCUT2D eigenvalue weighted by Gasteiger charge is -2.33. The van der Waals surface area contributed by atoms with E-state index in [1.54, 1.807) is 29.4 Å². The third kappa shape index (κ3) is 4.10. The summed E-state index contributed by atoms with van der Waals surface area (Å²) in [4.78, 5) is 33.0. The predicted octanol–water partition coefficient (Wildman–Crippen LogP) is 3.20. The van der Waals surface area contributed by atoms with E-state index in [0.29, 0.717) is 24.1 Å². The van der Waals surface area contributed by atoms with E-state index in [2.05, 4.69) is 32.8 Å². The quantitative estimate of drug-likeness (QED) is 0.652. The van der Waals surface area contributed by atoms with Crippen molar-refractivity contribution in [2.45, 2.75) is 45.1 Å². The van der Waals surface area contributed by atoms with Gasteiger partial charge in [-0.25, -0.2) is 15.0 Å². The smallest absolute Gasteiger partial charge is 0.253 e. The van der Waals surface area contributed by atoms with Crippen LogP contribution in [0.25, 0.3) is 11.3 Å². The van der Waals surface area contributed by atoms with Gasteiger partial charge in [0.2, 0.25) is 0 Å². The van der Waals surface area contributed by atoms with Gasteiger partial charge < -0.3 is 4.90 Å². The van der Waals surface area contributed by atoms with E-state index < -0.39 is 0 Å². The highest BCUT2D eigenvalue weighted by atomic mass is 16.1. The van der Waals surface area contributed by atoms with E-state index >= 15 is 0 Å². The number of hydrogen-bond donors (Lipinski definition) is 0. The van der Waals surface area contributed by atoms with Crippen LogP contribution in [0.3, 0.4) is 0 Å². The molecule has 2 fully saturated rings. The molecule has 1 saturated heterocycles. The summed E-state index contributed by atoms with van der Waals surface area (Å²) in [6.45, 7) is 4.68. The molecule has 3 aromatic heterocycles. The molecule has 2 aliphatic rings. The van der Waals surface area contributed by atoms with Gasteiger partial charge in [-0.1, -0.05) is 0 Å². The van der Waals surface area contributed by atoms with E-state index in [0.717, 1.165) is 48.8 Å². The molecule has 0 radical (unpaired) electrons. The molecule has 0 amide bonds. The summed E-state index contributed by atoms with van der Waals surface area (Å²) >= 11 is 0. The lowest BCUT2D eigenvalue weighted by molar-refractivity contribution is 0.350. The van der Waals surface area contributed by atoms with Crippen molar-refractivity contribution in [2.24, 2.45) is 5.92 Å². The minimum Gasteiger partial charge on any atom is -0.356 e. The van der Waals surface area contributed by atoms with Crippen LogP contribution in [0.5, 0.6) is 0 Å². The van der Waals surface area contributed by atoms with Gasteiger partial charge in [-0.15, -0.1) is 0 Å². The number of piperidine rings is 1. The minimum atomic E-state index is -0.00761. The first-order chi connectivity index (χ1) is 14.7. The minimum absolute atomic E-state index is 0.00761. The molecule has 4 heterocycles. The van der Waals surface area contributed by atoms with Crippen molar-refractivity contribution in [2.75, 3.05) is 18.0 Å². The lowest BCUT2D eigenvalue weighted by Crippen LogP contribution is -2.37. The highest BCUT2D eigenvalue weighted by Crippen LogP contribution is 2.38. The van der Waals surface area contributed by atoms with E-state index in [4.69, 9.17) is 4.98 Å². The first-order valence-corrected chi connectivity index (χ1v) is 10.7. The second-order valence-corrected chi connectivity index (χ2v) is 8.44. The normalized spacial score (nSPS) is 17.3. The fraction of sp³-hybridized carbons (Fsp3) is 0.435. The van der Waals surface area contributed by atoms with Crippen LogP contribution < -0.4 is 10.5 Å². The third-order valence-electron chi connectivity index (χ3n) is 6.03. The van der Waals surface area contributed by atoms with Crippen LogP contribution in [0.4, 0.5) is 5.82 Å². The second-order valence-electron chi connectivity index (χ2n) is 8.44. The van der Waals surface area contributed by atoms with Gasteiger partial charge in [0.1, 0.15) is 11.6 Å². The van der Waals surface area contributed by atoms with Crippen molar-refractivity contribution in [3.8, 4) is 11.3 Å². The average Bonchev–Trinajstić information content (AvgIpc) is 3.61. The molecule has 30 heavy (non-hydrogen) atoms. The van der Waals surface area contributed by atoms with Gasteiger partial charge in [0.05, 0.1) is 12.0 Å². The summed E-state index contributed by atoms with van der Waals surface area (Å²) in [5, 5.41) is 0. The Hall–Kier alpha value is -3.09. The van der Waals surface area contributed by atoms with Crippen molar-refractivity contribution in [1.82, 2.24) is 24.5 Å². The Bertz CT molecular complexity index is 1080. The van der Waals surface area contributed by atoms with Crippen LogP contribution >= 0.6 is 0 Å². The average molecular weight is 403 g/mol. The molecule has 0 unspecified atom stereocenters. The van der Waals surface area contributed by atoms with Gasteiger partial charge in [0, 0.05) is 61.3 Å². The van der Waals surface area contributed by atoms with Gasteiger partial charge in [-0.05, 0) is 50.7 Å². The summed E-state index contributed by atoms with van der Waals surface area (Å²) in [6.07, 6.45) is 9.63. The second kappa shape index (κ2) is 7.97. The molecule has 1 saturated carbocycles. The van der Waals surface area contributed by atoms with E-state index in [1.807, 2.05) is 12.1 Å². The highest BCUT2D eigenvalue weighted by molar-refractivity contribution is 5.56. The maximum atomic E-state index is 12.6. The summed E-state index contributed by atoms with van der Waals surface area (Å²) in [5.74, 6) is 3.10. The molecule has 0 N–H and O–H groups in total. The predicted molar refractivity (Wildman–Crippen MR) is 115 cm³/mol. The molecule has 5 rings (SSSR count). The van der Waals surface area contributed by atoms with Crippen LogP contribution in [-0.2, 0) is 6.54 Å². The Morgan fingerprint density at radius 2 is 1.93 bits per heavy atom. The van der Waals surface area contributed by atoms with Crippen LogP contribution in [0.1, 0.15) is 43.1 Å². The van der Waals surface area contributed by atoms with Crippen molar-refractivity contribution in [3.63, 3.8) is 0 Å². The Morgan fingerprint density at radius 1 is 1.10 bits per heavy atom.